The van der Waals surface area contributed by atoms with Crippen LogP contribution < -0.4 is 0 Å². The molecular formula is C17H11BrClNO2S. The number of hydrogen-bond acceptors (Lipinski definition) is 3. The standard InChI is InChI=1S/C17H11BrClNO2S/c18-12-6-4-10(5-7-12)17-20-14(9-15(21)22)16(23-17)11-2-1-3-13(19)8-11/h1-8H,9H2,(H,21,22). The first-order chi connectivity index (χ1) is 11.0. The zero-order valence-corrected chi connectivity index (χ0v) is 15.0. The number of benzene rings is 2. The van der Waals surface area contributed by atoms with Crippen LogP contribution in [0.2, 0.25) is 5.02 Å². The molecule has 0 aliphatic rings. The summed E-state index contributed by atoms with van der Waals surface area (Å²) in [6.45, 7) is 0. The van der Waals surface area contributed by atoms with Gasteiger partial charge in [-0.2, -0.15) is 0 Å². The SMILES string of the molecule is O=C(O)Cc1nc(-c2ccc(Br)cc2)sc1-c1cccc(Cl)c1. The Labute approximate surface area is 150 Å². The van der Waals surface area contributed by atoms with Crippen molar-refractivity contribution < 1.29 is 9.90 Å². The lowest BCUT2D eigenvalue weighted by Crippen LogP contribution is -2.01. The van der Waals surface area contributed by atoms with Crippen LogP contribution >= 0.6 is 38.9 Å². The van der Waals surface area contributed by atoms with Gasteiger partial charge in [-0.25, -0.2) is 4.98 Å². The van der Waals surface area contributed by atoms with E-state index in [0.29, 0.717) is 10.7 Å². The Morgan fingerprint density at radius 1 is 1.17 bits per heavy atom. The first-order valence-electron chi connectivity index (χ1n) is 6.76. The van der Waals surface area contributed by atoms with Crippen LogP contribution in [0.1, 0.15) is 5.69 Å². The summed E-state index contributed by atoms with van der Waals surface area (Å²) in [5, 5.41) is 10.5. The molecule has 0 radical (unpaired) electrons. The van der Waals surface area contributed by atoms with Crippen molar-refractivity contribution in [3.8, 4) is 21.0 Å². The average molecular weight is 409 g/mol. The van der Waals surface area contributed by atoms with Crippen molar-refractivity contribution in [2.24, 2.45) is 0 Å². The molecule has 23 heavy (non-hydrogen) atoms. The van der Waals surface area contributed by atoms with Crippen molar-refractivity contribution in [2.75, 3.05) is 0 Å². The number of carboxylic acids is 1. The normalized spacial score (nSPS) is 10.7. The maximum absolute atomic E-state index is 11.1. The van der Waals surface area contributed by atoms with Crippen molar-refractivity contribution in [1.82, 2.24) is 4.98 Å². The minimum atomic E-state index is -0.902. The van der Waals surface area contributed by atoms with E-state index in [0.717, 1.165) is 25.5 Å². The van der Waals surface area contributed by atoms with Gasteiger partial charge in [0.15, 0.2) is 0 Å². The van der Waals surface area contributed by atoms with Crippen LogP contribution in [-0.2, 0) is 11.2 Å². The van der Waals surface area contributed by atoms with Gasteiger partial charge in [-0.05, 0) is 29.8 Å². The topological polar surface area (TPSA) is 50.2 Å². The van der Waals surface area contributed by atoms with Crippen LogP contribution in [0.25, 0.3) is 21.0 Å². The highest BCUT2D eigenvalue weighted by atomic mass is 79.9. The first kappa shape index (κ1) is 16.2. The Hall–Kier alpha value is -1.69. The van der Waals surface area contributed by atoms with Crippen LogP contribution in [0.4, 0.5) is 0 Å². The molecule has 3 rings (SSSR count). The van der Waals surface area contributed by atoms with E-state index < -0.39 is 5.97 Å². The molecule has 2 aromatic carbocycles. The van der Waals surface area contributed by atoms with Crippen LogP contribution in [0.15, 0.2) is 53.0 Å². The molecule has 0 spiro atoms. The first-order valence-corrected chi connectivity index (χ1v) is 8.75. The number of rotatable bonds is 4. The van der Waals surface area contributed by atoms with Crippen molar-refractivity contribution in [3.05, 3.63) is 63.7 Å². The van der Waals surface area contributed by atoms with Gasteiger partial charge < -0.3 is 5.11 Å². The largest absolute Gasteiger partial charge is 0.481 e. The summed E-state index contributed by atoms with van der Waals surface area (Å²) in [5.41, 5.74) is 2.40. The van der Waals surface area contributed by atoms with E-state index in [2.05, 4.69) is 20.9 Å². The number of nitrogens with zero attached hydrogens (tertiary/aromatic N) is 1. The molecule has 1 N–H and O–H groups in total. The summed E-state index contributed by atoms with van der Waals surface area (Å²) in [6.07, 6.45) is -0.116. The highest BCUT2D eigenvalue weighted by Crippen LogP contribution is 2.37. The Kier molecular flexibility index (Phi) is 4.80. The molecular weight excluding hydrogens is 398 g/mol. The molecule has 6 heteroatoms. The van der Waals surface area contributed by atoms with Crippen LogP contribution in [0.5, 0.6) is 0 Å². The number of carboxylic acid groups (broad SMARTS) is 1. The highest BCUT2D eigenvalue weighted by Gasteiger charge is 2.17. The second-order valence-electron chi connectivity index (χ2n) is 4.88. The summed E-state index contributed by atoms with van der Waals surface area (Å²) in [7, 11) is 0. The van der Waals surface area contributed by atoms with E-state index in [1.54, 1.807) is 6.07 Å². The van der Waals surface area contributed by atoms with E-state index in [4.69, 9.17) is 16.7 Å². The Bertz CT molecular complexity index is 861. The summed E-state index contributed by atoms with van der Waals surface area (Å²) >= 11 is 10.9. The average Bonchev–Trinajstić information content (AvgIpc) is 2.91. The number of aliphatic carboxylic acids is 1. The molecule has 0 fully saturated rings. The predicted molar refractivity (Wildman–Crippen MR) is 97.0 cm³/mol. The van der Waals surface area contributed by atoms with Crippen LogP contribution in [0, 0.1) is 0 Å². The van der Waals surface area contributed by atoms with Gasteiger partial charge in [-0.1, -0.05) is 51.8 Å². The maximum atomic E-state index is 11.1. The predicted octanol–water partition coefficient (Wildman–Crippen LogP) is 5.52. The second-order valence-corrected chi connectivity index (χ2v) is 7.23. The molecule has 3 nitrogen and oxygen atoms in total. The van der Waals surface area contributed by atoms with Gasteiger partial charge in [-0.3, -0.25) is 4.79 Å². The number of thiazole rings is 1. The molecule has 3 aromatic rings. The molecule has 0 bridgehead atoms. The Balaban J connectivity index is 2.10. The lowest BCUT2D eigenvalue weighted by Gasteiger charge is -2.00. The summed E-state index contributed by atoms with van der Waals surface area (Å²) in [5.74, 6) is -0.902. The van der Waals surface area contributed by atoms with Gasteiger partial charge in [-0.15, -0.1) is 11.3 Å². The number of halogens is 2. The van der Waals surface area contributed by atoms with Gasteiger partial charge in [0.05, 0.1) is 17.0 Å². The molecule has 0 atom stereocenters. The van der Waals surface area contributed by atoms with Crippen LogP contribution in [0.3, 0.4) is 0 Å². The highest BCUT2D eigenvalue weighted by molar-refractivity contribution is 9.10. The number of carbonyl (C=O) groups is 1. The molecule has 1 heterocycles. The van der Waals surface area contributed by atoms with Crippen LogP contribution in [-0.4, -0.2) is 16.1 Å². The van der Waals surface area contributed by atoms with E-state index in [1.807, 2.05) is 42.5 Å². The van der Waals surface area contributed by atoms with Crippen molar-refractivity contribution in [3.63, 3.8) is 0 Å². The monoisotopic (exact) mass is 407 g/mol. The quantitative estimate of drug-likeness (QED) is 0.618. The minimum absolute atomic E-state index is 0.116. The van der Waals surface area contributed by atoms with Crippen molar-refractivity contribution in [2.45, 2.75) is 6.42 Å². The molecule has 0 saturated carbocycles. The maximum Gasteiger partial charge on any atom is 0.309 e. The van der Waals surface area contributed by atoms with E-state index in [-0.39, 0.29) is 6.42 Å². The third kappa shape index (κ3) is 3.80. The fourth-order valence-corrected chi connectivity index (χ4v) is 3.72. The third-order valence-corrected chi connectivity index (χ3v) is 5.15. The fourth-order valence-electron chi connectivity index (χ4n) is 2.19. The van der Waals surface area contributed by atoms with E-state index >= 15 is 0 Å². The molecule has 1 aromatic heterocycles. The van der Waals surface area contributed by atoms with Crippen molar-refractivity contribution >= 4 is 44.8 Å². The second kappa shape index (κ2) is 6.83. The third-order valence-electron chi connectivity index (χ3n) is 3.19. The van der Waals surface area contributed by atoms with Gasteiger partial charge in [0.1, 0.15) is 5.01 Å². The fraction of sp³-hybridized carbons (Fsp3) is 0.0588. The summed E-state index contributed by atoms with van der Waals surface area (Å²) in [6, 6.07) is 15.2. The smallest absolute Gasteiger partial charge is 0.309 e. The summed E-state index contributed by atoms with van der Waals surface area (Å²) < 4.78 is 0.985. The van der Waals surface area contributed by atoms with Gasteiger partial charge in [0, 0.05) is 15.1 Å². The molecule has 0 amide bonds. The number of aromatic nitrogens is 1. The van der Waals surface area contributed by atoms with Gasteiger partial charge in [0.25, 0.3) is 0 Å². The minimum Gasteiger partial charge on any atom is -0.481 e. The zero-order valence-electron chi connectivity index (χ0n) is 11.8. The summed E-state index contributed by atoms with van der Waals surface area (Å²) in [4.78, 5) is 16.5. The molecule has 0 aliphatic heterocycles. The van der Waals surface area contributed by atoms with Gasteiger partial charge >= 0.3 is 5.97 Å². The lowest BCUT2D eigenvalue weighted by molar-refractivity contribution is -0.136. The number of hydrogen-bond donors (Lipinski definition) is 1. The Morgan fingerprint density at radius 2 is 1.91 bits per heavy atom. The zero-order chi connectivity index (χ0) is 16.4. The lowest BCUT2D eigenvalue weighted by atomic mass is 10.1. The Morgan fingerprint density at radius 3 is 2.57 bits per heavy atom. The van der Waals surface area contributed by atoms with E-state index in [1.165, 1.54) is 11.3 Å². The molecule has 116 valence electrons. The van der Waals surface area contributed by atoms with Crippen molar-refractivity contribution in [1.29, 1.82) is 0 Å². The molecule has 0 unspecified atom stereocenters. The van der Waals surface area contributed by atoms with Gasteiger partial charge in [0.2, 0.25) is 0 Å². The molecule has 0 saturated heterocycles. The molecule has 0 aliphatic carbocycles. The van der Waals surface area contributed by atoms with E-state index in [9.17, 15) is 4.79 Å².